The molecule has 3 fully saturated rings. The molecule has 0 aromatic carbocycles. The third kappa shape index (κ3) is 2.04. The van der Waals surface area contributed by atoms with Gasteiger partial charge < -0.3 is 30.6 Å². The minimum Gasteiger partial charge on any atom is -0.394 e. The van der Waals surface area contributed by atoms with Gasteiger partial charge >= 0.3 is 13.8 Å². The van der Waals surface area contributed by atoms with Crippen molar-refractivity contribution in [2.24, 2.45) is 0 Å². The maximum Gasteiger partial charge on any atom is 0.487 e. The Labute approximate surface area is 105 Å². The van der Waals surface area contributed by atoms with Crippen molar-refractivity contribution in [2.75, 3.05) is 6.61 Å². The Kier molecular flexibility index (Phi) is 3.35. The summed E-state index contributed by atoms with van der Waals surface area (Å²) in [7, 11) is -4.44. The van der Waals surface area contributed by atoms with E-state index in [9.17, 15) is 29.8 Å². The van der Waals surface area contributed by atoms with Crippen LogP contribution in [0.15, 0.2) is 0 Å². The summed E-state index contributed by atoms with van der Waals surface area (Å²) in [6.07, 6.45) is -6.67. The quantitative estimate of drug-likeness (QED) is 0.279. The van der Waals surface area contributed by atoms with Crippen molar-refractivity contribution in [3.8, 4) is 0 Å². The van der Waals surface area contributed by atoms with Crippen LogP contribution < -0.4 is 0 Å². The number of rotatable bonds is 4. The van der Waals surface area contributed by atoms with E-state index in [2.05, 4.69) is 13.6 Å². The zero-order valence-corrected chi connectivity index (χ0v) is 10.0. The van der Waals surface area contributed by atoms with E-state index in [1.54, 1.807) is 0 Å². The average Bonchev–Trinajstić information content (AvgIpc) is 2.30. The molecule has 0 unspecified atom stereocenters. The fraction of sp³-hybridized carbons (Fsp3) is 0.857. The summed E-state index contributed by atoms with van der Waals surface area (Å²) in [6, 6.07) is 0. The number of hydrogen-bond donors (Lipinski definition) is 6. The molecule has 3 aliphatic heterocycles. The molecule has 0 aromatic rings. The number of hydrogen-bond acceptors (Lipinski definition) is 11. The molecule has 3 heterocycles. The molecule has 0 aliphatic carbocycles. The van der Waals surface area contributed by atoms with Crippen molar-refractivity contribution < 1.29 is 53.6 Å². The predicted octanol–water partition coefficient (Wildman–Crippen LogP) is -3.85. The first-order valence-electron chi connectivity index (χ1n) is 4.95. The van der Waals surface area contributed by atoms with Gasteiger partial charge in [0.25, 0.3) is 11.6 Å². The summed E-state index contributed by atoms with van der Waals surface area (Å²) in [5.74, 6) is -8.15. The summed E-state index contributed by atoms with van der Waals surface area (Å²) < 4.78 is 23.9. The summed E-state index contributed by atoms with van der Waals surface area (Å²) in [5, 5.41) is 55.8. The lowest BCUT2D eigenvalue weighted by atomic mass is 9.95. The molecule has 0 radical (unpaired) electrons. The number of Topliss-reactive ketones (excluding diaryl/α,β-unsaturated/α-hetero) is 1. The summed E-state index contributed by atoms with van der Waals surface area (Å²) in [5.41, 5.74) is 0. The standard InChI is InChI=1S/C7H11O11P/c8-1-2(9)3(10)4(11)6(13)5(12)7(14)17-19(15,16-6)18-7/h2-4,8-11,13-14H,1H2/t2-,3-,4+,6+,7?,19?/m1/s1. The van der Waals surface area contributed by atoms with Gasteiger partial charge in [0.2, 0.25) is 0 Å². The van der Waals surface area contributed by atoms with Gasteiger partial charge in [-0.1, -0.05) is 0 Å². The average molecular weight is 302 g/mol. The predicted molar refractivity (Wildman–Crippen MR) is 50.9 cm³/mol. The van der Waals surface area contributed by atoms with Gasteiger partial charge in [0.15, 0.2) is 0 Å². The van der Waals surface area contributed by atoms with Crippen molar-refractivity contribution in [3.63, 3.8) is 0 Å². The van der Waals surface area contributed by atoms with E-state index in [0.717, 1.165) is 0 Å². The summed E-state index contributed by atoms with van der Waals surface area (Å²) in [6.45, 7) is -1.00. The topological polar surface area (TPSA) is 183 Å². The fourth-order valence-corrected chi connectivity index (χ4v) is 3.00. The fourth-order valence-electron chi connectivity index (χ4n) is 1.61. The second-order valence-corrected chi connectivity index (χ2v) is 5.46. The smallest absolute Gasteiger partial charge is 0.394 e. The third-order valence-corrected chi connectivity index (χ3v) is 4.08. The summed E-state index contributed by atoms with van der Waals surface area (Å²) in [4.78, 5) is 11.6. The molecule has 2 bridgehead atoms. The van der Waals surface area contributed by atoms with Crippen LogP contribution in [0.4, 0.5) is 0 Å². The van der Waals surface area contributed by atoms with Gasteiger partial charge in [-0.2, -0.15) is 0 Å². The molecule has 11 nitrogen and oxygen atoms in total. The second kappa shape index (κ2) is 4.27. The van der Waals surface area contributed by atoms with Gasteiger partial charge in [-0.15, -0.1) is 0 Å². The molecule has 0 saturated carbocycles. The number of phosphoric ester groups is 1. The minimum atomic E-state index is -4.44. The van der Waals surface area contributed by atoms with E-state index in [1.165, 1.54) is 0 Å². The largest absolute Gasteiger partial charge is 0.487 e. The SMILES string of the molecule is O=C1C2(O)OP(=O)(O2)O[C@@]1(O)[C@@H](O)[C@H](O)[C@H](O)CO. The number of fused-ring (bicyclic) bond motifs is 2. The zero-order valence-electron chi connectivity index (χ0n) is 9.11. The van der Waals surface area contributed by atoms with Gasteiger partial charge in [0.05, 0.1) is 6.61 Å². The maximum atomic E-state index is 11.6. The highest BCUT2D eigenvalue weighted by Crippen LogP contribution is 2.70. The minimum absolute atomic E-state index is 1.00. The molecular formula is C7H11O11P. The van der Waals surface area contributed by atoms with E-state index in [4.69, 9.17) is 10.2 Å². The lowest BCUT2D eigenvalue weighted by Gasteiger charge is -2.50. The van der Waals surface area contributed by atoms with E-state index < -0.39 is 50.3 Å². The number of ketones is 1. The van der Waals surface area contributed by atoms with Crippen LogP contribution in [0.2, 0.25) is 0 Å². The monoisotopic (exact) mass is 302 g/mol. The molecule has 3 rings (SSSR count). The molecular weight excluding hydrogens is 291 g/mol. The maximum absolute atomic E-state index is 11.6. The Balaban J connectivity index is 2.27. The first kappa shape index (κ1) is 14.9. The first-order chi connectivity index (χ1) is 8.58. The van der Waals surface area contributed by atoms with Crippen LogP contribution in [0.3, 0.4) is 0 Å². The summed E-state index contributed by atoms with van der Waals surface area (Å²) >= 11 is 0. The van der Waals surface area contributed by atoms with E-state index >= 15 is 0 Å². The van der Waals surface area contributed by atoms with E-state index in [-0.39, 0.29) is 0 Å². The highest BCUT2D eigenvalue weighted by atomic mass is 31.2. The van der Waals surface area contributed by atoms with Crippen LogP contribution in [-0.2, 0) is 22.9 Å². The van der Waals surface area contributed by atoms with Crippen LogP contribution in [0, 0.1) is 0 Å². The molecule has 0 spiro atoms. The lowest BCUT2D eigenvalue weighted by molar-refractivity contribution is -0.380. The van der Waals surface area contributed by atoms with Crippen molar-refractivity contribution in [1.82, 2.24) is 0 Å². The molecule has 0 amide bonds. The number of aliphatic hydroxyl groups excluding tert-OH is 4. The number of carbonyl (C=O) groups excluding carboxylic acids is 1. The zero-order chi connectivity index (χ0) is 14.6. The molecule has 110 valence electrons. The molecule has 3 aliphatic rings. The Morgan fingerprint density at radius 2 is 1.68 bits per heavy atom. The molecule has 3 saturated heterocycles. The number of carbonyl (C=O) groups is 1. The van der Waals surface area contributed by atoms with Crippen LogP contribution in [0.5, 0.6) is 0 Å². The Hall–Kier alpha value is -0.460. The Bertz CT molecular complexity index is 440. The number of phosphoric acid groups is 1. The van der Waals surface area contributed by atoms with Crippen LogP contribution >= 0.6 is 7.82 Å². The van der Waals surface area contributed by atoms with Gasteiger partial charge in [-0.25, -0.2) is 18.1 Å². The molecule has 19 heavy (non-hydrogen) atoms. The Morgan fingerprint density at radius 3 is 2.16 bits per heavy atom. The van der Waals surface area contributed by atoms with Crippen LogP contribution in [0.25, 0.3) is 0 Å². The van der Waals surface area contributed by atoms with E-state index in [0.29, 0.717) is 0 Å². The van der Waals surface area contributed by atoms with Gasteiger partial charge in [-0.3, -0.25) is 4.79 Å². The lowest BCUT2D eigenvalue weighted by Crippen LogP contribution is -2.71. The normalized spacial score (nSPS) is 46.3. The van der Waals surface area contributed by atoms with Gasteiger partial charge in [0.1, 0.15) is 18.3 Å². The molecule has 12 heteroatoms. The van der Waals surface area contributed by atoms with Crippen molar-refractivity contribution in [3.05, 3.63) is 0 Å². The molecule has 4 atom stereocenters. The van der Waals surface area contributed by atoms with Crippen molar-refractivity contribution in [1.29, 1.82) is 0 Å². The highest BCUT2D eigenvalue weighted by molar-refractivity contribution is 7.50. The van der Waals surface area contributed by atoms with Crippen LogP contribution in [-0.4, -0.2) is 73.1 Å². The van der Waals surface area contributed by atoms with Crippen molar-refractivity contribution >= 4 is 13.6 Å². The first-order valence-corrected chi connectivity index (χ1v) is 6.41. The molecule has 6 N–H and O–H groups in total. The molecule has 0 aromatic heterocycles. The number of aliphatic hydroxyl groups is 6. The highest BCUT2D eigenvalue weighted by Gasteiger charge is 2.77. The second-order valence-electron chi connectivity index (χ2n) is 4.01. The van der Waals surface area contributed by atoms with Crippen LogP contribution in [0.1, 0.15) is 0 Å². The van der Waals surface area contributed by atoms with E-state index in [1.807, 2.05) is 0 Å². The third-order valence-electron chi connectivity index (χ3n) is 2.64. The van der Waals surface area contributed by atoms with Gasteiger partial charge in [0, 0.05) is 0 Å². The van der Waals surface area contributed by atoms with Crippen molar-refractivity contribution in [2.45, 2.75) is 30.1 Å². The van der Waals surface area contributed by atoms with Gasteiger partial charge in [-0.05, 0) is 0 Å². The Morgan fingerprint density at radius 1 is 1.16 bits per heavy atom.